The highest BCUT2D eigenvalue weighted by atomic mass is 79.9. The van der Waals surface area contributed by atoms with E-state index in [-0.39, 0.29) is 42.0 Å². The lowest BCUT2D eigenvalue weighted by Gasteiger charge is -2.17. The van der Waals surface area contributed by atoms with Gasteiger partial charge in [-0.1, -0.05) is 23.8 Å². The maximum Gasteiger partial charge on any atom is 0.244 e. The molecule has 2 fully saturated rings. The molecule has 1 N–H and O–H groups in total. The number of likely N-dealkylation sites (tertiary alicyclic amines) is 1. The number of carbonyl (C=O) groups is 3. The minimum absolute atomic E-state index is 0.145. The van der Waals surface area contributed by atoms with E-state index in [0.717, 1.165) is 21.4 Å². The first-order valence-corrected chi connectivity index (χ1v) is 9.33. The summed E-state index contributed by atoms with van der Waals surface area (Å²) in [6.07, 6.45) is 4.95. The van der Waals surface area contributed by atoms with E-state index in [9.17, 15) is 14.4 Å². The molecule has 2 aliphatic carbocycles. The zero-order chi connectivity index (χ0) is 17.9. The number of nitrogens with zero attached hydrogens (tertiary/aromatic N) is 1. The van der Waals surface area contributed by atoms with Crippen LogP contribution in [0.2, 0.25) is 5.02 Å². The Kier molecular flexibility index (Phi) is 4.00. The predicted octanol–water partition coefficient (Wildman–Crippen LogP) is 3.16. The van der Waals surface area contributed by atoms with Crippen LogP contribution in [0, 0.1) is 30.6 Å². The van der Waals surface area contributed by atoms with Crippen LogP contribution in [0.25, 0.3) is 0 Å². The van der Waals surface area contributed by atoms with E-state index in [4.69, 9.17) is 11.6 Å². The Balaban J connectivity index is 1.48. The molecule has 7 heteroatoms. The van der Waals surface area contributed by atoms with Gasteiger partial charge in [-0.3, -0.25) is 19.3 Å². The van der Waals surface area contributed by atoms with Crippen LogP contribution < -0.4 is 5.32 Å². The Morgan fingerprint density at radius 2 is 1.84 bits per heavy atom. The highest BCUT2D eigenvalue weighted by molar-refractivity contribution is 9.10. The maximum absolute atomic E-state index is 12.6. The van der Waals surface area contributed by atoms with E-state index in [1.807, 2.05) is 12.2 Å². The Bertz CT molecular complexity index is 808. The zero-order valence-corrected chi connectivity index (χ0v) is 15.8. The SMILES string of the molecule is Cc1c(NC(=O)CN2C(=O)[C@@H]3[C@@H](C2=O)[C@H]2C=C[C@H]3C2)ccc(Br)c1Cl. The second-order valence-corrected chi connectivity index (χ2v) is 8.08. The number of hydrogen-bond donors (Lipinski definition) is 1. The third-order valence-electron chi connectivity index (χ3n) is 5.48. The summed E-state index contributed by atoms with van der Waals surface area (Å²) >= 11 is 9.49. The number of rotatable bonds is 3. The average Bonchev–Trinajstić information content (AvgIpc) is 3.25. The molecule has 1 saturated heterocycles. The fourth-order valence-electron chi connectivity index (χ4n) is 4.24. The Morgan fingerprint density at radius 1 is 1.24 bits per heavy atom. The number of imide groups is 1. The third-order valence-corrected chi connectivity index (χ3v) is 6.85. The second kappa shape index (κ2) is 5.95. The molecule has 0 spiro atoms. The molecule has 0 aromatic heterocycles. The molecular formula is C18H16BrClN2O3. The Labute approximate surface area is 158 Å². The first-order chi connectivity index (χ1) is 11.9. The molecule has 1 heterocycles. The lowest BCUT2D eigenvalue weighted by atomic mass is 9.85. The van der Waals surface area contributed by atoms with E-state index in [0.29, 0.717) is 10.7 Å². The van der Waals surface area contributed by atoms with Crippen molar-refractivity contribution in [3.05, 3.63) is 39.3 Å². The summed E-state index contributed by atoms with van der Waals surface area (Å²) in [6, 6.07) is 3.47. The normalized spacial score (nSPS) is 29.5. The summed E-state index contributed by atoms with van der Waals surface area (Å²) in [7, 11) is 0. The smallest absolute Gasteiger partial charge is 0.244 e. The van der Waals surface area contributed by atoms with Crippen LogP contribution in [0.15, 0.2) is 28.8 Å². The van der Waals surface area contributed by atoms with Gasteiger partial charge in [0.15, 0.2) is 0 Å². The Hall–Kier alpha value is -1.66. The van der Waals surface area contributed by atoms with Gasteiger partial charge in [0, 0.05) is 10.2 Å². The third kappa shape index (κ3) is 2.54. The van der Waals surface area contributed by atoms with E-state index in [1.165, 1.54) is 0 Å². The molecule has 130 valence electrons. The number of carbonyl (C=O) groups excluding carboxylic acids is 3. The minimum atomic E-state index is -0.400. The van der Waals surface area contributed by atoms with Gasteiger partial charge in [0.05, 0.1) is 16.9 Å². The van der Waals surface area contributed by atoms with Gasteiger partial charge in [0.25, 0.3) is 0 Å². The van der Waals surface area contributed by atoms with Gasteiger partial charge in [-0.15, -0.1) is 0 Å². The molecule has 1 saturated carbocycles. The molecule has 4 atom stereocenters. The van der Waals surface area contributed by atoms with Crippen molar-refractivity contribution >= 4 is 50.9 Å². The van der Waals surface area contributed by atoms with Gasteiger partial charge in [0.2, 0.25) is 17.7 Å². The first kappa shape index (κ1) is 16.8. The maximum atomic E-state index is 12.6. The average molecular weight is 424 g/mol. The fourth-order valence-corrected chi connectivity index (χ4v) is 4.84. The molecule has 3 aliphatic rings. The Morgan fingerprint density at radius 3 is 2.44 bits per heavy atom. The number of fused-ring (bicyclic) bond motifs is 5. The summed E-state index contributed by atoms with van der Waals surface area (Å²) in [4.78, 5) is 38.7. The molecule has 0 unspecified atom stereocenters. The van der Waals surface area contributed by atoms with Gasteiger partial charge < -0.3 is 5.32 Å². The number of halogens is 2. The van der Waals surface area contributed by atoms with Crippen molar-refractivity contribution in [2.45, 2.75) is 13.3 Å². The molecule has 1 aliphatic heterocycles. The summed E-state index contributed by atoms with van der Waals surface area (Å²) in [6.45, 7) is 1.54. The van der Waals surface area contributed by atoms with Gasteiger partial charge >= 0.3 is 0 Å². The van der Waals surface area contributed by atoms with Crippen LogP contribution in [0.5, 0.6) is 0 Å². The van der Waals surface area contributed by atoms with E-state index < -0.39 is 5.91 Å². The van der Waals surface area contributed by atoms with E-state index >= 15 is 0 Å². The first-order valence-electron chi connectivity index (χ1n) is 8.16. The monoisotopic (exact) mass is 422 g/mol. The summed E-state index contributed by atoms with van der Waals surface area (Å²) in [5, 5.41) is 3.26. The van der Waals surface area contributed by atoms with Crippen molar-refractivity contribution in [3.8, 4) is 0 Å². The van der Waals surface area contributed by atoms with Crippen LogP contribution in [0.3, 0.4) is 0 Å². The largest absolute Gasteiger partial charge is 0.324 e. The highest BCUT2D eigenvalue weighted by Crippen LogP contribution is 2.52. The molecule has 1 aromatic rings. The standard InChI is InChI=1S/C18H16BrClN2O3/c1-8-12(5-4-11(19)16(8)20)21-13(23)7-22-17(24)14-9-2-3-10(6-9)15(14)18(22)25/h2-5,9-10,14-15H,6-7H2,1H3,(H,21,23)/t9-,10-,14-,15-/m0/s1. The topological polar surface area (TPSA) is 66.5 Å². The molecule has 1 aromatic carbocycles. The van der Waals surface area contributed by atoms with Gasteiger partial charge in [-0.25, -0.2) is 0 Å². The molecule has 0 radical (unpaired) electrons. The van der Waals surface area contributed by atoms with Crippen molar-refractivity contribution in [1.29, 1.82) is 0 Å². The molecule has 5 nitrogen and oxygen atoms in total. The number of nitrogens with one attached hydrogen (secondary N) is 1. The lowest BCUT2D eigenvalue weighted by molar-refractivity contribution is -0.143. The zero-order valence-electron chi connectivity index (χ0n) is 13.5. The van der Waals surface area contributed by atoms with Crippen molar-refractivity contribution in [1.82, 2.24) is 4.90 Å². The van der Waals surface area contributed by atoms with Gasteiger partial charge in [-0.2, -0.15) is 0 Å². The number of hydrogen-bond acceptors (Lipinski definition) is 3. The van der Waals surface area contributed by atoms with Crippen molar-refractivity contribution in [2.24, 2.45) is 23.7 Å². The van der Waals surface area contributed by atoms with Crippen LogP contribution in [-0.4, -0.2) is 29.2 Å². The van der Waals surface area contributed by atoms with Crippen LogP contribution in [0.4, 0.5) is 5.69 Å². The van der Waals surface area contributed by atoms with Gasteiger partial charge in [-0.05, 0) is 58.8 Å². The molecule has 4 rings (SSSR count). The molecular weight excluding hydrogens is 408 g/mol. The summed E-state index contributed by atoms with van der Waals surface area (Å²) in [5.41, 5.74) is 1.29. The molecule has 3 amide bonds. The number of allylic oxidation sites excluding steroid dienone is 2. The van der Waals surface area contributed by atoms with Crippen LogP contribution >= 0.6 is 27.5 Å². The minimum Gasteiger partial charge on any atom is -0.324 e. The number of benzene rings is 1. The van der Waals surface area contributed by atoms with Crippen molar-refractivity contribution in [2.75, 3.05) is 11.9 Å². The number of anilines is 1. The van der Waals surface area contributed by atoms with E-state index in [1.54, 1.807) is 19.1 Å². The highest BCUT2D eigenvalue weighted by Gasteiger charge is 2.59. The molecule has 2 bridgehead atoms. The van der Waals surface area contributed by atoms with Crippen LogP contribution in [0.1, 0.15) is 12.0 Å². The second-order valence-electron chi connectivity index (χ2n) is 6.84. The van der Waals surface area contributed by atoms with Crippen molar-refractivity contribution in [3.63, 3.8) is 0 Å². The summed E-state index contributed by atoms with van der Waals surface area (Å²) < 4.78 is 0.741. The van der Waals surface area contributed by atoms with Gasteiger partial charge in [0.1, 0.15) is 6.54 Å². The predicted molar refractivity (Wildman–Crippen MR) is 97.0 cm³/mol. The number of amides is 3. The lowest BCUT2D eigenvalue weighted by Crippen LogP contribution is -2.39. The summed E-state index contributed by atoms with van der Waals surface area (Å²) in [5.74, 6) is -1.10. The quantitative estimate of drug-likeness (QED) is 0.600. The fraction of sp³-hybridized carbons (Fsp3) is 0.389. The van der Waals surface area contributed by atoms with Crippen LogP contribution in [-0.2, 0) is 14.4 Å². The van der Waals surface area contributed by atoms with E-state index in [2.05, 4.69) is 21.2 Å². The van der Waals surface area contributed by atoms with Crippen molar-refractivity contribution < 1.29 is 14.4 Å². The molecule has 25 heavy (non-hydrogen) atoms.